The van der Waals surface area contributed by atoms with E-state index >= 15 is 0 Å². The second-order valence-electron chi connectivity index (χ2n) is 6.52. The molecule has 8 nitrogen and oxygen atoms in total. The molecular weight excluding hydrogens is 340 g/mol. The summed E-state index contributed by atoms with van der Waals surface area (Å²) in [6.07, 6.45) is 5.28. The highest BCUT2D eigenvalue weighted by Crippen LogP contribution is 2.37. The molecule has 0 radical (unpaired) electrons. The first-order valence-corrected chi connectivity index (χ1v) is 8.85. The predicted octanol–water partition coefficient (Wildman–Crippen LogP) is 2.26. The molecule has 0 saturated carbocycles. The van der Waals surface area contributed by atoms with Gasteiger partial charge in [-0.3, -0.25) is 9.59 Å². The Morgan fingerprint density at radius 3 is 2.19 bits per heavy atom. The fourth-order valence-electron chi connectivity index (χ4n) is 3.14. The van der Waals surface area contributed by atoms with Crippen LogP contribution in [0.2, 0.25) is 0 Å². The van der Waals surface area contributed by atoms with E-state index in [0.717, 1.165) is 37.1 Å². The van der Waals surface area contributed by atoms with Crippen molar-refractivity contribution in [2.24, 2.45) is 0 Å². The summed E-state index contributed by atoms with van der Waals surface area (Å²) in [4.78, 5) is 46.0. The summed E-state index contributed by atoms with van der Waals surface area (Å²) >= 11 is 0. The number of rotatable bonds is 10. The number of aliphatic carboxylic acids is 1. The average molecular weight is 362 g/mol. The molecule has 2 heterocycles. The molecule has 2 amide bonds. The Balaban J connectivity index is 1.71. The van der Waals surface area contributed by atoms with Crippen molar-refractivity contribution in [2.45, 2.75) is 57.3 Å². The number of fused-ring (bicyclic) bond motifs is 1. The molecule has 8 heteroatoms. The zero-order chi connectivity index (χ0) is 18.7. The van der Waals surface area contributed by atoms with Crippen LogP contribution in [0.5, 0.6) is 0 Å². The first kappa shape index (κ1) is 18.5. The van der Waals surface area contributed by atoms with Gasteiger partial charge in [0.2, 0.25) is 0 Å². The van der Waals surface area contributed by atoms with Crippen LogP contribution in [0, 0.1) is 0 Å². The summed E-state index contributed by atoms with van der Waals surface area (Å²) in [5.74, 6) is -4.18. The molecule has 2 aliphatic rings. The fraction of sp³-hybridized carbons (Fsp3) is 0.500. The highest BCUT2D eigenvalue weighted by atomic mass is 17.4. The van der Waals surface area contributed by atoms with Gasteiger partial charge < -0.3 is 5.11 Å². The summed E-state index contributed by atoms with van der Waals surface area (Å²) < 4.78 is 0. The highest BCUT2D eigenvalue weighted by molar-refractivity contribution is 6.21. The summed E-state index contributed by atoms with van der Waals surface area (Å²) in [7, 11) is 0. The van der Waals surface area contributed by atoms with Crippen LogP contribution in [0.4, 0.5) is 0 Å². The van der Waals surface area contributed by atoms with Crippen LogP contribution in [-0.4, -0.2) is 39.7 Å². The van der Waals surface area contributed by atoms with Gasteiger partial charge in [0.1, 0.15) is 0 Å². The number of carbonyl (C=O) groups excluding carboxylic acids is 2. The third-order valence-corrected chi connectivity index (χ3v) is 4.70. The zero-order valence-corrected chi connectivity index (χ0v) is 14.6. The van der Waals surface area contributed by atoms with Crippen molar-refractivity contribution < 1.29 is 29.3 Å². The first-order valence-electron chi connectivity index (χ1n) is 8.85. The van der Waals surface area contributed by atoms with Gasteiger partial charge in [-0.15, -0.1) is 0 Å². The Labute approximate surface area is 151 Å². The van der Waals surface area contributed by atoms with E-state index in [1.807, 2.05) is 0 Å². The molecule has 2 aliphatic heterocycles. The number of carboxylic acid groups (broad SMARTS) is 1. The van der Waals surface area contributed by atoms with E-state index in [4.69, 9.17) is 9.78 Å². The molecule has 1 aromatic rings. The zero-order valence-electron chi connectivity index (χ0n) is 14.6. The first-order chi connectivity index (χ1) is 12.5. The molecule has 0 aromatic heterocycles. The Kier molecular flexibility index (Phi) is 5.36. The Bertz CT molecular complexity index is 680. The number of imide groups is 1. The maximum absolute atomic E-state index is 12.5. The van der Waals surface area contributed by atoms with Gasteiger partial charge >= 0.3 is 11.8 Å². The Hall–Kier alpha value is -2.29. The molecule has 2 N–H and O–H groups in total. The molecular formula is C18H22N2O6. The Morgan fingerprint density at radius 1 is 1.12 bits per heavy atom. The summed E-state index contributed by atoms with van der Waals surface area (Å²) in [5.41, 5.74) is 3.31. The van der Waals surface area contributed by atoms with Crippen molar-refractivity contribution in [1.29, 1.82) is 0 Å². The van der Waals surface area contributed by atoms with Crippen LogP contribution in [0.15, 0.2) is 24.3 Å². The monoisotopic (exact) mass is 362 g/mol. The Morgan fingerprint density at radius 2 is 1.69 bits per heavy atom. The number of unbranched alkanes of at least 4 members (excludes halogenated alkanes) is 4. The van der Waals surface area contributed by atoms with Crippen molar-refractivity contribution in [2.75, 3.05) is 0 Å². The smallest absolute Gasteiger partial charge is 0.372 e. The number of nitrogens with zero attached hydrogens (tertiary/aromatic N) is 1. The summed E-state index contributed by atoms with van der Waals surface area (Å²) in [6, 6.07) is 5.61. The average Bonchev–Trinajstić information content (AvgIpc) is 3.41. The number of benzene rings is 1. The SMILES string of the molecule is CCCCCCCC(NN1C(=O)c2ccccc2C1=O)C1(C(=O)O)OO1. The molecule has 1 aromatic carbocycles. The predicted molar refractivity (Wildman–Crippen MR) is 89.8 cm³/mol. The molecule has 1 unspecified atom stereocenters. The minimum Gasteiger partial charge on any atom is -0.477 e. The van der Waals surface area contributed by atoms with Crippen LogP contribution in [0.3, 0.4) is 0 Å². The summed E-state index contributed by atoms with van der Waals surface area (Å²) in [5, 5.41) is 10.3. The van der Waals surface area contributed by atoms with Gasteiger partial charge in [0, 0.05) is 0 Å². The van der Waals surface area contributed by atoms with Gasteiger partial charge in [0.25, 0.3) is 11.8 Å². The van der Waals surface area contributed by atoms with E-state index in [1.54, 1.807) is 24.3 Å². The normalized spacial score (nSPS) is 18.7. The molecule has 140 valence electrons. The van der Waals surface area contributed by atoms with Crippen molar-refractivity contribution >= 4 is 17.8 Å². The van der Waals surface area contributed by atoms with Gasteiger partial charge in [0.05, 0.1) is 17.2 Å². The molecule has 1 atom stereocenters. The van der Waals surface area contributed by atoms with Crippen molar-refractivity contribution in [3.05, 3.63) is 35.4 Å². The van der Waals surface area contributed by atoms with Gasteiger partial charge in [-0.25, -0.2) is 15.2 Å². The number of hydrogen-bond donors (Lipinski definition) is 2. The van der Waals surface area contributed by atoms with E-state index in [0.29, 0.717) is 6.42 Å². The van der Waals surface area contributed by atoms with Crippen LogP contribution < -0.4 is 5.43 Å². The summed E-state index contributed by atoms with van der Waals surface area (Å²) in [6.45, 7) is 2.11. The fourth-order valence-corrected chi connectivity index (χ4v) is 3.14. The minimum absolute atomic E-state index is 0.286. The van der Waals surface area contributed by atoms with Gasteiger partial charge in [-0.2, -0.15) is 9.78 Å². The van der Waals surface area contributed by atoms with E-state index in [2.05, 4.69) is 12.3 Å². The van der Waals surface area contributed by atoms with Crippen LogP contribution in [0.1, 0.15) is 66.2 Å². The lowest BCUT2D eigenvalue weighted by atomic mass is 10.0. The highest BCUT2D eigenvalue weighted by Gasteiger charge is 2.64. The van der Waals surface area contributed by atoms with E-state index in [-0.39, 0.29) is 11.1 Å². The molecule has 1 fully saturated rings. The van der Waals surface area contributed by atoms with Crippen molar-refractivity contribution in [3.63, 3.8) is 0 Å². The number of hydrazine groups is 1. The third-order valence-electron chi connectivity index (χ3n) is 4.70. The lowest BCUT2D eigenvalue weighted by Gasteiger charge is -2.24. The second-order valence-corrected chi connectivity index (χ2v) is 6.52. The largest absolute Gasteiger partial charge is 0.477 e. The quantitative estimate of drug-likeness (QED) is 0.284. The van der Waals surface area contributed by atoms with Gasteiger partial charge in [0.15, 0.2) is 0 Å². The number of hydrogen-bond acceptors (Lipinski definition) is 6. The second kappa shape index (κ2) is 7.53. The van der Waals surface area contributed by atoms with Crippen molar-refractivity contribution in [1.82, 2.24) is 10.4 Å². The molecule has 0 spiro atoms. The molecule has 3 rings (SSSR count). The number of nitrogens with one attached hydrogen (secondary N) is 1. The molecule has 0 aliphatic carbocycles. The van der Waals surface area contributed by atoms with Gasteiger partial charge in [-0.05, 0) is 18.6 Å². The lowest BCUT2D eigenvalue weighted by Crippen LogP contribution is -2.56. The van der Waals surface area contributed by atoms with Crippen LogP contribution in [0.25, 0.3) is 0 Å². The number of amides is 2. The lowest BCUT2D eigenvalue weighted by molar-refractivity contribution is -0.146. The minimum atomic E-state index is -1.86. The molecule has 0 bridgehead atoms. The maximum atomic E-state index is 12.5. The number of carbonyl (C=O) groups is 3. The third kappa shape index (κ3) is 3.35. The van der Waals surface area contributed by atoms with E-state index in [1.165, 1.54) is 0 Å². The van der Waals surface area contributed by atoms with Gasteiger partial charge in [-0.1, -0.05) is 51.2 Å². The topological polar surface area (TPSA) is 112 Å². The standard InChI is InChI=1S/C18H22N2O6/c1-2-3-4-5-6-11-14(18(17(23)24)25-26-18)19-20-15(21)12-9-7-8-10-13(12)16(20)22/h7-10,14,19H,2-6,11H2,1H3,(H,23,24). The van der Waals surface area contributed by atoms with E-state index < -0.39 is 29.6 Å². The van der Waals surface area contributed by atoms with Crippen LogP contribution in [-0.2, 0) is 14.6 Å². The number of carboxylic acids is 1. The van der Waals surface area contributed by atoms with E-state index in [9.17, 15) is 19.5 Å². The van der Waals surface area contributed by atoms with Crippen LogP contribution >= 0.6 is 0 Å². The molecule has 26 heavy (non-hydrogen) atoms. The van der Waals surface area contributed by atoms with Crippen molar-refractivity contribution in [3.8, 4) is 0 Å². The maximum Gasteiger partial charge on any atom is 0.372 e. The molecule has 1 saturated heterocycles.